The summed E-state index contributed by atoms with van der Waals surface area (Å²) in [6.45, 7) is 8.12. The Morgan fingerprint density at radius 1 is 1.64 bits per heavy atom. The predicted octanol–water partition coefficient (Wildman–Crippen LogP) is -1.66. The Bertz CT molecular complexity index is 68.1. The smallest absolute Gasteiger partial charge is 0.481 e. The van der Waals surface area contributed by atoms with Crippen LogP contribution in [0.2, 0.25) is 0 Å². The van der Waals surface area contributed by atoms with Gasteiger partial charge in [-0.25, -0.2) is 0 Å². The van der Waals surface area contributed by atoms with E-state index in [0.717, 1.165) is 20.0 Å². The third kappa shape index (κ3) is 63.0. The van der Waals surface area contributed by atoms with Crippen molar-refractivity contribution in [3.8, 4) is 0 Å². The van der Waals surface area contributed by atoms with Crippen molar-refractivity contribution in [2.75, 3.05) is 13.2 Å². The number of carbonyl (C=O) groups is 1. The Labute approximate surface area is 90.4 Å². The van der Waals surface area contributed by atoms with E-state index in [1.807, 2.05) is 0 Å². The van der Waals surface area contributed by atoms with Crippen LogP contribution in [0.4, 0.5) is 0 Å². The first-order valence-corrected chi connectivity index (χ1v) is 3.21. The van der Waals surface area contributed by atoms with Crippen molar-refractivity contribution >= 4 is 5.97 Å². The fourth-order valence-corrected chi connectivity index (χ4v) is 0.246. The summed E-state index contributed by atoms with van der Waals surface area (Å²) in [6, 6.07) is 0. The van der Waals surface area contributed by atoms with Crippen molar-refractivity contribution in [2.24, 2.45) is 0 Å². The summed E-state index contributed by atoms with van der Waals surface area (Å²) in [5.41, 5.74) is 0. The van der Waals surface area contributed by atoms with Gasteiger partial charge in [-0.2, -0.15) is 0 Å². The normalized spacial score (nSPS) is 7.18. The van der Waals surface area contributed by atoms with Crippen molar-refractivity contribution in [3.05, 3.63) is 6.92 Å². The van der Waals surface area contributed by atoms with E-state index in [1.165, 1.54) is 0 Å². The second kappa shape index (κ2) is 16.8. The Kier molecular flexibility index (Phi) is 26.7. The molecule has 0 aliphatic carbocycles. The number of aliphatic carboxylic acids is 1. The van der Waals surface area contributed by atoms with Gasteiger partial charge in [0.05, 0.1) is 0 Å². The fraction of sp³-hybridized carbons (Fsp3) is 0.714. The molecule has 0 aliphatic heterocycles. The number of rotatable bonds is 3. The zero-order chi connectivity index (χ0) is 8.41. The maximum absolute atomic E-state index is 9.00. The van der Waals surface area contributed by atoms with Crippen LogP contribution in [-0.4, -0.2) is 24.3 Å². The third-order valence-corrected chi connectivity index (χ3v) is 0.493. The van der Waals surface area contributed by atoms with Gasteiger partial charge in [0.25, 0.3) is 5.97 Å². The van der Waals surface area contributed by atoms with E-state index < -0.39 is 5.97 Å². The Morgan fingerprint density at radius 2 is 2.00 bits per heavy atom. The summed E-state index contributed by atoms with van der Waals surface area (Å²) in [4.78, 5) is 9.00. The van der Waals surface area contributed by atoms with Gasteiger partial charge in [-0.1, -0.05) is 13.5 Å². The molecule has 0 aromatic heterocycles. The van der Waals surface area contributed by atoms with Crippen LogP contribution in [0.15, 0.2) is 0 Å². The molecule has 1 N–H and O–H groups in total. The van der Waals surface area contributed by atoms with Crippen molar-refractivity contribution in [3.63, 3.8) is 0 Å². The maximum Gasteiger partial charge on any atom is 1.00 e. The number of ether oxygens (including phenoxy) is 1. The minimum Gasteiger partial charge on any atom is -0.481 e. The molecule has 0 radical (unpaired) electrons. The summed E-state index contributed by atoms with van der Waals surface area (Å²) < 4.78 is 4.87. The minimum atomic E-state index is -0.833. The van der Waals surface area contributed by atoms with Gasteiger partial charge in [-0.3, -0.25) is 4.79 Å². The molecule has 0 aromatic rings. The standard InChI is InChI=1S/C5H11O.C2H4O2.Na/c1-3-5-6-4-2;1-2(3)4;/h2-5H2,1H3;1H3,(H,3,4);/q-1;;+1. The molecular formula is C7H15NaO3. The first-order valence-electron chi connectivity index (χ1n) is 3.21. The molecule has 0 aromatic carbocycles. The maximum atomic E-state index is 9.00. The van der Waals surface area contributed by atoms with Crippen LogP contribution in [0.3, 0.4) is 0 Å². The molecule has 4 heteroatoms. The largest absolute Gasteiger partial charge is 1.00 e. The monoisotopic (exact) mass is 170 g/mol. The van der Waals surface area contributed by atoms with E-state index in [2.05, 4.69) is 13.8 Å². The van der Waals surface area contributed by atoms with Crippen LogP contribution >= 0.6 is 0 Å². The van der Waals surface area contributed by atoms with E-state index in [4.69, 9.17) is 14.6 Å². The fourth-order valence-electron chi connectivity index (χ4n) is 0.246. The molecule has 0 aliphatic rings. The van der Waals surface area contributed by atoms with E-state index in [1.54, 1.807) is 0 Å². The number of hydrogen-bond acceptors (Lipinski definition) is 2. The van der Waals surface area contributed by atoms with Gasteiger partial charge in [0.1, 0.15) is 0 Å². The number of hydrogen-bond donors (Lipinski definition) is 1. The van der Waals surface area contributed by atoms with E-state index >= 15 is 0 Å². The molecule has 3 nitrogen and oxygen atoms in total. The first kappa shape index (κ1) is 17.5. The SMILES string of the molecule is CC(=O)O.[CH2-]COCCC.[Na+]. The Morgan fingerprint density at radius 3 is 2.09 bits per heavy atom. The molecule has 0 saturated carbocycles. The molecule has 0 heterocycles. The molecule has 0 unspecified atom stereocenters. The zero-order valence-electron chi connectivity index (χ0n) is 7.59. The Hall–Kier alpha value is 0.430. The van der Waals surface area contributed by atoms with Crippen LogP contribution < -0.4 is 29.6 Å². The van der Waals surface area contributed by atoms with Crippen molar-refractivity contribution in [1.82, 2.24) is 0 Å². The van der Waals surface area contributed by atoms with Gasteiger partial charge in [-0.15, -0.1) is 0 Å². The van der Waals surface area contributed by atoms with E-state index in [9.17, 15) is 0 Å². The summed E-state index contributed by atoms with van der Waals surface area (Å²) in [6.07, 6.45) is 1.09. The summed E-state index contributed by atoms with van der Waals surface area (Å²) in [5, 5.41) is 7.42. The minimum absolute atomic E-state index is 0. The topological polar surface area (TPSA) is 46.5 Å². The van der Waals surface area contributed by atoms with Crippen molar-refractivity contribution < 1.29 is 44.2 Å². The third-order valence-electron chi connectivity index (χ3n) is 0.493. The Balaban J connectivity index is -0.000000114. The van der Waals surface area contributed by atoms with Crippen molar-refractivity contribution in [1.29, 1.82) is 0 Å². The van der Waals surface area contributed by atoms with Crippen LogP contribution in [0.5, 0.6) is 0 Å². The molecule has 0 bridgehead atoms. The summed E-state index contributed by atoms with van der Waals surface area (Å²) in [5.74, 6) is -0.833. The van der Waals surface area contributed by atoms with Gasteiger partial charge in [-0.05, 0) is 6.42 Å². The molecule has 0 saturated heterocycles. The second-order valence-electron chi connectivity index (χ2n) is 1.63. The average Bonchev–Trinajstić information content (AvgIpc) is 1.82. The number of carboxylic acid groups (broad SMARTS) is 1. The van der Waals surface area contributed by atoms with Gasteiger partial charge in [0, 0.05) is 13.5 Å². The van der Waals surface area contributed by atoms with Gasteiger partial charge in [0.15, 0.2) is 0 Å². The first-order chi connectivity index (χ1) is 4.65. The molecule has 0 atom stereocenters. The quantitative estimate of drug-likeness (QED) is 0.313. The second-order valence-corrected chi connectivity index (χ2v) is 1.63. The summed E-state index contributed by atoms with van der Waals surface area (Å²) >= 11 is 0. The van der Waals surface area contributed by atoms with Gasteiger partial charge < -0.3 is 16.8 Å². The van der Waals surface area contributed by atoms with Crippen LogP contribution in [0, 0.1) is 6.92 Å². The van der Waals surface area contributed by atoms with Gasteiger partial charge in [0.2, 0.25) is 0 Å². The van der Waals surface area contributed by atoms with E-state index in [0.29, 0.717) is 6.61 Å². The molecule has 0 fully saturated rings. The molecule has 11 heavy (non-hydrogen) atoms. The van der Waals surface area contributed by atoms with Crippen LogP contribution in [-0.2, 0) is 9.53 Å². The molecule has 62 valence electrons. The van der Waals surface area contributed by atoms with E-state index in [-0.39, 0.29) is 29.6 Å². The molecule has 0 spiro atoms. The number of carboxylic acids is 1. The van der Waals surface area contributed by atoms with Crippen LogP contribution in [0.25, 0.3) is 0 Å². The summed E-state index contributed by atoms with van der Waals surface area (Å²) in [7, 11) is 0. The molecular weight excluding hydrogens is 155 g/mol. The van der Waals surface area contributed by atoms with Crippen LogP contribution in [0.1, 0.15) is 20.3 Å². The average molecular weight is 170 g/mol. The zero-order valence-corrected chi connectivity index (χ0v) is 9.59. The predicted molar refractivity (Wildman–Crippen MR) is 39.8 cm³/mol. The molecule has 0 amide bonds. The van der Waals surface area contributed by atoms with Crippen molar-refractivity contribution in [2.45, 2.75) is 20.3 Å². The van der Waals surface area contributed by atoms with Gasteiger partial charge >= 0.3 is 29.6 Å². The molecule has 0 rings (SSSR count).